The van der Waals surface area contributed by atoms with Gasteiger partial charge in [-0.2, -0.15) is 13.2 Å². The van der Waals surface area contributed by atoms with Gasteiger partial charge in [0.2, 0.25) is 0 Å². The summed E-state index contributed by atoms with van der Waals surface area (Å²) in [6.45, 7) is 3.15. The molecule has 0 aliphatic carbocycles. The first-order chi connectivity index (χ1) is 13.4. The van der Waals surface area contributed by atoms with Crippen LogP contribution >= 0.6 is 24.0 Å². The number of hydrogen-bond acceptors (Lipinski definition) is 3. The van der Waals surface area contributed by atoms with E-state index in [1.165, 1.54) is 17.5 Å². The minimum atomic E-state index is -4.14. The van der Waals surface area contributed by atoms with Gasteiger partial charge in [0.1, 0.15) is 0 Å². The maximum Gasteiger partial charge on any atom is 0.401 e. The van der Waals surface area contributed by atoms with Crippen molar-refractivity contribution in [2.75, 3.05) is 46.8 Å². The number of aliphatic imine (C=N–C) groups is 1. The molecule has 2 rings (SSSR count). The molecule has 0 aromatic heterocycles. The number of piperidine rings is 1. The fourth-order valence-electron chi connectivity index (χ4n) is 3.41. The van der Waals surface area contributed by atoms with E-state index in [1.807, 2.05) is 6.07 Å². The van der Waals surface area contributed by atoms with E-state index in [4.69, 9.17) is 0 Å². The van der Waals surface area contributed by atoms with E-state index in [0.717, 1.165) is 38.4 Å². The van der Waals surface area contributed by atoms with E-state index in [2.05, 4.69) is 44.8 Å². The van der Waals surface area contributed by atoms with Gasteiger partial charge in [0.25, 0.3) is 0 Å². The zero-order valence-corrected chi connectivity index (χ0v) is 19.5. The van der Waals surface area contributed by atoms with Gasteiger partial charge in [0, 0.05) is 39.3 Å². The Morgan fingerprint density at radius 3 is 2.45 bits per heavy atom. The number of likely N-dealkylation sites (tertiary alicyclic amines) is 1. The number of hydrogen-bond donors (Lipinski definition) is 2. The van der Waals surface area contributed by atoms with Gasteiger partial charge in [0.05, 0.1) is 6.54 Å². The van der Waals surface area contributed by atoms with Crippen molar-refractivity contribution in [2.45, 2.75) is 38.0 Å². The van der Waals surface area contributed by atoms with Crippen molar-refractivity contribution < 1.29 is 13.2 Å². The number of guanidine groups is 1. The van der Waals surface area contributed by atoms with E-state index in [1.54, 1.807) is 7.05 Å². The number of alkyl halides is 3. The Labute approximate surface area is 189 Å². The van der Waals surface area contributed by atoms with Crippen molar-refractivity contribution >= 4 is 29.9 Å². The molecule has 9 heteroatoms. The first-order valence-corrected chi connectivity index (χ1v) is 9.84. The molecule has 29 heavy (non-hydrogen) atoms. The number of nitrogens with zero attached hydrogens (tertiary/aromatic N) is 3. The third-order valence-corrected chi connectivity index (χ3v) is 4.86. The number of rotatable bonds is 8. The molecule has 2 N–H and O–H groups in total. The van der Waals surface area contributed by atoms with Gasteiger partial charge in [0.15, 0.2) is 5.96 Å². The second-order valence-corrected chi connectivity index (χ2v) is 7.39. The molecule has 1 aliphatic heterocycles. The number of benzene rings is 1. The Morgan fingerprint density at radius 2 is 1.86 bits per heavy atom. The van der Waals surface area contributed by atoms with Gasteiger partial charge in [-0.15, -0.1) is 24.0 Å². The maximum atomic E-state index is 12.3. The molecule has 0 radical (unpaired) electrons. The Hall–Kier alpha value is -1.07. The second kappa shape index (κ2) is 13.3. The van der Waals surface area contributed by atoms with Gasteiger partial charge >= 0.3 is 6.18 Å². The third kappa shape index (κ3) is 11.0. The van der Waals surface area contributed by atoms with Crippen LogP contribution in [-0.4, -0.2) is 74.8 Å². The molecule has 166 valence electrons. The van der Waals surface area contributed by atoms with Gasteiger partial charge in [-0.05, 0) is 38.4 Å². The molecule has 1 fully saturated rings. The Bertz CT molecular complexity index is 590. The molecule has 0 spiro atoms. The van der Waals surface area contributed by atoms with Crippen LogP contribution < -0.4 is 10.6 Å². The standard InChI is InChI=1S/C20H32F3N5.HI/c1-24-19(25-11-6-12-27(2)16-20(21,22)23)26-18-9-13-28(14-10-18)15-17-7-4-3-5-8-17;/h3-5,7-8,18H,6,9-16H2,1-2H3,(H2,24,25,26);1H. The summed E-state index contributed by atoms with van der Waals surface area (Å²) < 4.78 is 37.0. The fourth-order valence-corrected chi connectivity index (χ4v) is 3.41. The van der Waals surface area contributed by atoms with Crippen LogP contribution in [-0.2, 0) is 6.54 Å². The van der Waals surface area contributed by atoms with Crippen molar-refractivity contribution in [3.63, 3.8) is 0 Å². The molecule has 0 unspecified atom stereocenters. The highest BCUT2D eigenvalue weighted by Gasteiger charge is 2.28. The first-order valence-electron chi connectivity index (χ1n) is 9.84. The van der Waals surface area contributed by atoms with E-state index in [0.29, 0.717) is 25.6 Å². The zero-order chi connectivity index (χ0) is 20.4. The van der Waals surface area contributed by atoms with E-state index in [9.17, 15) is 13.2 Å². The topological polar surface area (TPSA) is 42.9 Å². The normalized spacial score (nSPS) is 16.6. The molecule has 0 saturated carbocycles. The lowest BCUT2D eigenvalue weighted by atomic mass is 10.0. The van der Waals surface area contributed by atoms with E-state index < -0.39 is 12.7 Å². The quantitative estimate of drug-likeness (QED) is 0.236. The van der Waals surface area contributed by atoms with Crippen LogP contribution in [0.2, 0.25) is 0 Å². The van der Waals surface area contributed by atoms with Crippen LogP contribution in [0.5, 0.6) is 0 Å². The molecule has 1 aliphatic rings. The summed E-state index contributed by atoms with van der Waals surface area (Å²) in [5.41, 5.74) is 1.34. The molecule has 5 nitrogen and oxygen atoms in total. The van der Waals surface area contributed by atoms with Crippen LogP contribution in [0.1, 0.15) is 24.8 Å². The van der Waals surface area contributed by atoms with Crippen LogP contribution in [0.25, 0.3) is 0 Å². The highest BCUT2D eigenvalue weighted by Crippen LogP contribution is 2.15. The SMILES string of the molecule is CN=C(NCCCN(C)CC(F)(F)F)NC1CCN(Cc2ccccc2)CC1.I. The predicted octanol–water partition coefficient (Wildman–Crippen LogP) is 3.32. The monoisotopic (exact) mass is 527 g/mol. The van der Waals surface area contributed by atoms with Crippen molar-refractivity contribution in [1.29, 1.82) is 0 Å². The fraction of sp³-hybridized carbons (Fsp3) is 0.650. The van der Waals surface area contributed by atoms with Gasteiger partial charge < -0.3 is 10.6 Å². The first kappa shape index (κ1) is 26.0. The van der Waals surface area contributed by atoms with Crippen molar-refractivity contribution in [2.24, 2.45) is 4.99 Å². The number of halogens is 4. The summed E-state index contributed by atoms with van der Waals surface area (Å²) in [4.78, 5) is 7.98. The molecule has 1 aromatic rings. The highest BCUT2D eigenvalue weighted by molar-refractivity contribution is 14.0. The second-order valence-electron chi connectivity index (χ2n) is 7.39. The summed E-state index contributed by atoms with van der Waals surface area (Å²) in [5, 5.41) is 6.64. The number of nitrogens with one attached hydrogen (secondary N) is 2. The lowest BCUT2D eigenvalue weighted by Gasteiger charge is -2.33. The summed E-state index contributed by atoms with van der Waals surface area (Å²) in [6.07, 6.45) is -1.43. The smallest absolute Gasteiger partial charge is 0.356 e. The summed E-state index contributed by atoms with van der Waals surface area (Å²) >= 11 is 0. The molecule has 0 bridgehead atoms. The zero-order valence-electron chi connectivity index (χ0n) is 17.2. The van der Waals surface area contributed by atoms with Gasteiger partial charge in [-0.1, -0.05) is 30.3 Å². The average molecular weight is 527 g/mol. The van der Waals surface area contributed by atoms with Crippen LogP contribution in [0.4, 0.5) is 13.2 Å². The third-order valence-electron chi connectivity index (χ3n) is 4.86. The molecular formula is C20H33F3IN5. The molecule has 1 saturated heterocycles. The Balaban J connectivity index is 0.00000420. The average Bonchev–Trinajstić information content (AvgIpc) is 2.65. The molecule has 1 aromatic carbocycles. The van der Waals surface area contributed by atoms with Crippen LogP contribution in [0.15, 0.2) is 35.3 Å². The highest BCUT2D eigenvalue weighted by atomic mass is 127. The van der Waals surface area contributed by atoms with E-state index in [-0.39, 0.29) is 24.0 Å². The lowest BCUT2D eigenvalue weighted by molar-refractivity contribution is -0.143. The van der Waals surface area contributed by atoms with Crippen LogP contribution in [0, 0.1) is 0 Å². The van der Waals surface area contributed by atoms with Gasteiger partial charge in [-0.25, -0.2) is 0 Å². The van der Waals surface area contributed by atoms with Crippen molar-refractivity contribution in [3.8, 4) is 0 Å². The van der Waals surface area contributed by atoms with Crippen molar-refractivity contribution in [1.82, 2.24) is 20.4 Å². The Morgan fingerprint density at radius 1 is 1.21 bits per heavy atom. The molecule has 1 heterocycles. The maximum absolute atomic E-state index is 12.3. The van der Waals surface area contributed by atoms with Gasteiger partial charge in [-0.3, -0.25) is 14.8 Å². The predicted molar refractivity (Wildman–Crippen MR) is 123 cm³/mol. The minimum Gasteiger partial charge on any atom is -0.356 e. The van der Waals surface area contributed by atoms with E-state index >= 15 is 0 Å². The van der Waals surface area contributed by atoms with Crippen LogP contribution in [0.3, 0.4) is 0 Å². The molecular weight excluding hydrogens is 494 g/mol. The largest absolute Gasteiger partial charge is 0.401 e. The molecule has 0 amide bonds. The summed E-state index contributed by atoms with van der Waals surface area (Å²) in [6, 6.07) is 10.9. The lowest BCUT2D eigenvalue weighted by Crippen LogP contribution is -2.48. The Kier molecular flexibility index (Phi) is 11.9. The molecule has 0 atom stereocenters. The summed E-state index contributed by atoms with van der Waals surface area (Å²) in [5.74, 6) is 0.722. The van der Waals surface area contributed by atoms with Crippen molar-refractivity contribution in [3.05, 3.63) is 35.9 Å². The summed E-state index contributed by atoms with van der Waals surface area (Å²) in [7, 11) is 3.21. The minimum absolute atomic E-state index is 0.